The molecule has 0 radical (unpaired) electrons. The van der Waals surface area contributed by atoms with Gasteiger partial charge in [0.05, 0.1) is 12.4 Å². The summed E-state index contributed by atoms with van der Waals surface area (Å²) in [4.78, 5) is 128. The summed E-state index contributed by atoms with van der Waals surface area (Å²) >= 11 is 0. The first-order valence-corrected chi connectivity index (χ1v) is 24.3. The number of hydrogen-bond acceptors (Lipinski definition) is 14. The summed E-state index contributed by atoms with van der Waals surface area (Å²) < 4.78 is 0. The van der Waals surface area contributed by atoms with Crippen molar-refractivity contribution in [1.29, 1.82) is 0 Å². The predicted molar refractivity (Wildman–Crippen MR) is 274 cm³/mol. The number of imidazole rings is 1. The van der Waals surface area contributed by atoms with Crippen molar-refractivity contribution in [2.45, 2.75) is 154 Å². The van der Waals surface area contributed by atoms with E-state index in [0.717, 1.165) is 0 Å². The van der Waals surface area contributed by atoms with Crippen molar-refractivity contribution in [2.24, 2.45) is 72.7 Å². The van der Waals surface area contributed by atoms with E-state index in [2.05, 4.69) is 62.2 Å². The number of guanidine groups is 3. The summed E-state index contributed by atoms with van der Waals surface area (Å²) in [6.07, 6.45) is 4.24. The molecule has 0 aliphatic rings. The van der Waals surface area contributed by atoms with Crippen LogP contribution in [0.1, 0.15) is 105 Å². The fourth-order valence-electron chi connectivity index (χ4n) is 7.04. The Morgan fingerprint density at radius 2 is 0.945 bits per heavy atom. The van der Waals surface area contributed by atoms with Gasteiger partial charge in [0, 0.05) is 37.9 Å². The Kier molecular flexibility index (Phi) is 29.8. The number of amides is 7. The second-order valence-corrected chi connectivity index (χ2v) is 18.3. The highest BCUT2D eigenvalue weighted by Crippen LogP contribution is 2.12. The van der Waals surface area contributed by atoms with Crippen molar-refractivity contribution in [3.8, 4) is 0 Å². The van der Waals surface area contributed by atoms with Crippen LogP contribution in [0.3, 0.4) is 0 Å². The van der Waals surface area contributed by atoms with Crippen molar-refractivity contribution in [3.05, 3.63) is 18.2 Å². The van der Waals surface area contributed by atoms with E-state index in [9.17, 15) is 43.5 Å². The van der Waals surface area contributed by atoms with Gasteiger partial charge in [0.15, 0.2) is 17.9 Å². The summed E-state index contributed by atoms with van der Waals surface area (Å²) in [6.45, 7) is 8.92. The van der Waals surface area contributed by atoms with Crippen LogP contribution < -0.4 is 83.1 Å². The summed E-state index contributed by atoms with van der Waals surface area (Å²) in [6, 6.07) is -9.96. The molecule has 0 aliphatic heterocycles. The van der Waals surface area contributed by atoms with Gasteiger partial charge in [-0.1, -0.05) is 27.7 Å². The van der Waals surface area contributed by atoms with Crippen molar-refractivity contribution >= 4 is 65.2 Å². The molecule has 0 bridgehead atoms. The van der Waals surface area contributed by atoms with E-state index >= 15 is 0 Å². The maximum atomic E-state index is 14.3. The minimum absolute atomic E-state index is 0.00863. The zero-order valence-electron chi connectivity index (χ0n) is 42.7. The van der Waals surface area contributed by atoms with Crippen LogP contribution in [0.15, 0.2) is 27.5 Å². The molecule has 0 fully saturated rings. The van der Waals surface area contributed by atoms with E-state index in [1.165, 1.54) is 19.4 Å². The van der Waals surface area contributed by atoms with Crippen LogP contribution in [-0.2, 0) is 44.8 Å². The number of nitrogens with one attached hydrogen (secondary N) is 8. The Labute approximate surface area is 425 Å². The fraction of sp³-hybridized carbons (Fsp3) is 0.682. The number of carboxylic acids is 1. The molecule has 29 heteroatoms. The standard InChI is InChI=1S/C44H82N20O9/c1-23(2)19-31(38(69)61-30(41(72)73)14-10-18-56-44(51)52)63-40(71)33(24(3)4)64-37(68)27(11-6-7-15-45)59-35(66)29(13-9-17-55-43(49)50)60-39(70)32(20-26-21-53-22-57-26)62-36(67)28(58-34(65)25(5)46)12-8-16-54-42(47)48/h21-25,27-33H,6-20,45-46H2,1-5H3,(H,53,57)(H,58,65)(H,59,66)(H,60,70)(H,61,69)(H,62,67)(H,63,71)(H,64,68)(H,72,73)(H4,47,48,54)(H4,49,50,55)(H4,51,52,56)/t25-,27-,28-,29-,30-,31-,32-,33-/m0/s1. The third-order valence-corrected chi connectivity index (χ3v) is 10.9. The van der Waals surface area contributed by atoms with Crippen LogP contribution in [0.5, 0.6) is 0 Å². The third-order valence-electron chi connectivity index (χ3n) is 10.9. The van der Waals surface area contributed by atoms with Gasteiger partial charge >= 0.3 is 5.97 Å². The molecule has 412 valence electrons. The third kappa shape index (κ3) is 26.6. The molecule has 0 saturated heterocycles. The van der Waals surface area contributed by atoms with E-state index in [0.29, 0.717) is 18.5 Å². The Balaban J connectivity index is 3.54. The van der Waals surface area contributed by atoms with Gasteiger partial charge in [-0.2, -0.15) is 0 Å². The van der Waals surface area contributed by atoms with Crippen LogP contribution in [0.4, 0.5) is 0 Å². The molecule has 25 N–H and O–H groups in total. The van der Waals surface area contributed by atoms with Gasteiger partial charge in [0.1, 0.15) is 42.3 Å². The highest BCUT2D eigenvalue weighted by Gasteiger charge is 2.35. The zero-order chi connectivity index (χ0) is 55.2. The Morgan fingerprint density at radius 1 is 0.548 bits per heavy atom. The molecular formula is C44H82N20O9. The van der Waals surface area contributed by atoms with Gasteiger partial charge in [-0.05, 0) is 89.5 Å². The number of aliphatic imine (C=N–C) groups is 3. The minimum atomic E-state index is -1.37. The second kappa shape index (κ2) is 34.1. The van der Waals surface area contributed by atoms with Crippen LogP contribution in [-0.4, -0.2) is 155 Å². The Hall–Kier alpha value is -7.30. The quantitative estimate of drug-likeness (QED) is 0.0170. The number of hydrogen-bond donors (Lipinski definition) is 17. The van der Waals surface area contributed by atoms with Gasteiger partial charge in [-0.15, -0.1) is 0 Å². The average molecular weight is 1040 g/mol. The van der Waals surface area contributed by atoms with Crippen molar-refractivity contribution in [2.75, 3.05) is 26.2 Å². The lowest BCUT2D eigenvalue weighted by molar-refractivity contribution is -0.142. The van der Waals surface area contributed by atoms with Crippen LogP contribution in [0.2, 0.25) is 0 Å². The second-order valence-electron chi connectivity index (χ2n) is 18.3. The highest BCUT2D eigenvalue weighted by atomic mass is 16.4. The molecule has 0 unspecified atom stereocenters. The maximum Gasteiger partial charge on any atom is 0.326 e. The SMILES string of the molecule is CC(C)C[C@H](NC(=O)[C@@H](NC(=O)[C@H](CCCCN)NC(=O)[C@H](CCCN=C(N)N)NC(=O)[C@H](Cc1cnc[nH]1)NC(=O)[C@H](CCCN=C(N)N)NC(=O)[C@H](C)N)C(C)C)C(=O)N[C@@H](CCCN=C(N)N)C(=O)O. The largest absolute Gasteiger partial charge is 0.480 e. The summed E-state index contributed by atoms with van der Waals surface area (Å²) in [5.41, 5.74) is 44.6. The number of carbonyl (C=O) groups is 8. The number of H-pyrrole nitrogens is 1. The number of aliphatic carboxylic acids is 1. The van der Waals surface area contributed by atoms with Crippen LogP contribution in [0, 0.1) is 11.8 Å². The van der Waals surface area contributed by atoms with E-state index < -0.39 is 102 Å². The minimum Gasteiger partial charge on any atom is -0.480 e. The first-order chi connectivity index (χ1) is 34.4. The zero-order valence-corrected chi connectivity index (χ0v) is 42.7. The number of nitrogens with zero attached hydrogens (tertiary/aromatic N) is 4. The molecular weight excluding hydrogens is 953 g/mol. The lowest BCUT2D eigenvalue weighted by Gasteiger charge is -2.29. The lowest BCUT2D eigenvalue weighted by Crippen LogP contribution is -2.61. The normalized spacial score (nSPS) is 14.3. The van der Waals surface area contributed by atoms with E-state index in [1.54, 1.807) is 27.7 Å². The van der Waals surface area contributed by atoms with Crippen LogP contribution in [0.25, 0.3) is 0 Å². The maximum absolute atomic E-state index is 14.3. The number of aromatic amines is 1. The van der Waals surface area contributed by atoms with Crippen LogP contribution >= 0.6 is 0 Å². The summed E-state index contributed by atoms with van der Waals surface area (Å²) in [5.74, 6) is -7.89. The molecule has 73 heavy (non-hydrogen) atoms. The van der Waals surface area contributed by atoms with Gasteiger partial charge in [0.25, 0.3) is 0 Å². The van der Waals surface area contributed by atoms with E-state index in [-0.39, 0.29) is 108 Å². The first-order valence-electron chi connectivity index (χ1n) is 24.3. The number of carbonyl (C=O) groups excluding carboxylic acids is 7. The van der Waals surface area contributed by atoms with Crippen molar-refractivity contribution < 1.29 is 43.5 Å². The predicted octanol–water partition coefficient (Wildman–Crippen LogP) is -5.23. The molecule has 8 atom stereocenters. The molecule has 0 aliphatic carbocycles. The molecule has 0 aromatic carbocycles. The molecule has 7 amide bonds. The highest BCUT2D eigenvalue weighted by molar-refractivity contribution is 5.97. The molecule has 1 rings (SSSR count). The molecule has 0 spiro atoms. The fourth-order valence-corrected chi connectivity index (χ4v) is 7.04. The Bertz CT molecular complexity index is 2000. The number of carboxylic acid groups (broad SMARTS) is 1. The molecule has 1 heterocycles. The van der Waals surface area contributed by atoms with Crippen molar-refractivity contribution in [3.63, 3.8) is 0 Å². The monoisotopic (exact) mass is 1030 g/mol. The molecule has 1 aromatic rings. The summed E-state index contributed by atoms with van der Waals surface area (Å²) in [7, 11) is 0. The number of unbranched alkanes of at least 4 members (excludes halogenated alkanes) is 1. The van der Waals surface area contributed by atoms with E-state index in [4.69, 9.17) is 45.9 Å². The molecule has 29 nitrogen and oxygen atoms in total. The Morgan fingerprint density at radius 3 is 1.36 bits per heavy atom. The molecule has 1 aromatic heterocycles. The van der Waals surface area contributed by atoms with Gasteiger partial charge < -0.3 is 93.2 Å². The smallest absolute Gasteiger partial charge is 0.326 e. The average Bonchev–Trinajstić information content (AvgIpc) is 3.82. The number of aromatic nitrogens is 2. The topological polar surface area (TPSA) is 515 Å². The number of rotatable bonds is 36. The van der Waals surface area contributed by atoms with Gasteiger partial charge in [0.2, 0.25) is 41.4 Å². The van der Waals surface area contributed by atoms with E-state index in [1.807, 2.05) is 0 Å². The van der Waals surface area contributed by atoms with Gasteiger partial charge in [-0.3, -0.25) is 48.5 Å². The van der Waals surface area contributed by atoms with Crippen molar-refractivity contribution in [1.82, 2.24) is 47.2 Å². The first kappa shape index (κ1) is 63.7. The van der Waals surface area contributed by atoms with Gasteiger partial charge in [-0.25, -0.2) is 9.78 Å². The number of nitrogens with two attached hydrogens (primary N) is 8. The summed E-state index contributed by atoms with van der Waals surface area (Å²) in [5, 5.41) is 28.4. The molecule has 0 saturated carbocycles. The lowest BCUT2D eigenvalue weighted by atomic mass is 9.98.